The second-order valence-electron chi connectivity index (χ2n) is 7.03. The summed E-state index contributed by atoms with van der Waals surface area (Å²) in [5.41, 5.74) is -0.360. The number of hydrogen-bond donors (Lipinski definition) is 2. The van der Waals surface area contributed by atoms with Crippen LogP contribution in [0.5, 0.6) is 0 Å². The molecule has 0 saturated carbocycles. The van der Waals surface area contributed by atoms with Crippen LogP contribution in [0.4, 0.5) is 0 Å². The fourth-order valence-corrected chi connectivity index (χ4v) is 3.15. The first-order valence-corrected chi connectivity index (χ1v) is 8.05. The number of amides is 1. The van der Waals surface area contributed by atoms with Gasteiger partial charge < -0.3 is 20.3 Å². The molecule has 1 unspecified atom stereocenters. The summed E-state index contributed by atoms with van der Waals surface area (Å²) in [6.45, 7) is 7.56. The lowest BCUT2D eigenvalue weighted by Crippen LogP contribution is -2.54. The van der Waals surface area contributed by atoms with E-state index in [1.54, 1.807) is 7.11 Å². The lowest BCUT2D eigenvalue weighted by atomic mass is 9.78. The van der Waals surface area contributed by atoms with Crippen LogP contribution in [-0.2, 0) is 9.53 Å². The van der Waals surface area contributed by atoms with Gasteiger partial charge >= 0.3 is 0 Å². The van der Waals surface area contributed by atoms with Crippen molar-refractivity contribution in [2.24, 2.45) is 11.3 Å². The second-order valence-corrected chi connectivity index (χ2v) is 7.03. The van der Waals surface area contributed by atoms with Crippen LogP contribution in [0.2, 0.25) is 0 Å². The zero-order chi connectivity index (χ0) is 15.9. The zero-order valence-corrected chi connectivity index (χ0v) is 14.4. The van der Waals surface area contributed by atoms with Crippen molar-refractivity contribution in [1.29, 1.82) is 0 Å². The molecule has 124 valence electrons. The van der Waals surface area contributed by atoms with Gasteiger partial charge in [-0.2, -0.15) is 0 Å². The Hall–Kier alpha value is -0.650. The first kappa shape index (κ1) is 18.4. The van der Waals surface area contributed by atoms with E-state index in [9.17, 15) is 4.79 Å². The molecule has 1 amide bonds. The van der Waals surface area contributed by atoms with Crippen LogP contribution in [0.15, 0.2) is 0 Å². The summed E-state index contributed by atoms with van der Waals surface area (Å²) in [4.78, 5) is 15.0. The summed E-state index contributed by atoms with van der Waals surface area (Å²) in [6, 6.07) is 0.205. The molecule has 0 radical (unpaired) electrons. The summed E-state index contributed by atoms with van der Waals surface area (Å²) < 4.78 is 5.35. The number of methoxy groups -OCH3 is 1. The standard InChI is InChI=1S/C16H33N3O2/c1-13(2)10-14(11-19(3)4)18-15(20)16(12-21-5)6-8-17-9-7-16/h13-14,17H,6-12H2,1-5H3,(H,18,20). The van der Waals surface area contributed by atoms with E-state index in [0.717, 1.165) is 38.9 Å². The zero-order valence-electron chi connectivity index (χ0n) is 14.4. The maximum atomic E-state index is 12.8. The highest BCUT2D eigenvalue weighted by molar-refractivity contribution is 5.83. The van der Waals surface area contributed by atoms with Crippen LogP contribution in [0.1, 0.15) is 33.1 Å². The predicted molar refractivity (Wildman–Crippen MR) is 86.4 cm³/mol. The number of ether oxygens (including phenoxy) is 1. The molecule has 1 rings (SSSR count). The van der Waals surface area contributed by atoms with Gasteiger partial charge in [-0.05, 0) is 52.4 Å². The van der Waals surface area contributed by atoms with Gasteiger partial charge in [0.15, 0.2) is 0 Å². The van der Waals surface area contributed by atoms with Crippen molar-refractivity contribution in [1.82, 2.24) is 15.5 Å². The Balaban J connectivity index is 2.71. The molecule has 5 nitrogen and oxygen atoms in total. The van der Waals surface area contributed by atoms with E-state index in [0.29, 0.717) is 12.5 Å². The summed E-state index contributed by atoms with van der Waals surface area (Å²) >= 11 is 0. The molecule has 0 bridgehead atoms. The van der Waals surface area contributed by atoms with Gasteiger partial charge in [0.05, 0.1) is 12.0 Å². The van der Waals surface area contributed by atoms with Gasteiger partial charge in [0.1, 0.15) is 0 Å². The lowest BCUT2D eigenvalue weighted by molar-refractivity contribution is -0.137. The minimum atomic E-state index is -0.360. The summed E-state index contributed by atoms with van der Waals surface area (Å²) in [6.07, 6.45) is 2.71. The molecular formula is C16H33N3O2. The van der Waals surface area contributed by atoms with Crippen LogP contribution in [0.25, 0.3) is 0 Å². The van der Waals surface area contributed by atoms with Crippen LogP contribution >= 0.6 is 0 Å². The highest BCUT2D eigenvalue weighted by Crippen LogP contribution is 2.29. The molecule has 1 fully saturated rings. The monoisotopic (exact) mass is 299 g/mol. The highest BCUT2D eigenvalue weighted by atomic mass is 16.5. The van der Waals surface area contributed by atoms with Crippen molar-refractivity contribution in [3.63, 3.8) is 0 Å². The second kappa shape index (κ2) is 8.71. The van der Waals surface area contributed by atoms with Gasteiger partial charge in [-0.3, -0.25) is 4.79 Å². The number of nitrogens with zero attached hydrogens (tertiary/aromatic N) is 1. The fourth-order valence-electron chi connectivity index (χ4n) is 3.15. The molecule has 0 aliphatic carbocycles. The van der Waals surface area contributed by atoms with Gasteiger partial charge in [-0.1, -0.05) is 13.8 Å². The van der Waals surface area contributed by atoms with E-state index in [2.05, 4.69) is 43.5 Å². The molecule has 2 N–H and O–H groups in total. The van der Waals surface area contributed by atoms with Gasteiger partial charge in [0.25, 0.3) is 0 Å². The van der Waals surface area contributed by atoms with Crippen LogP contribution in [0, 0.1) is 11.3 Å². The minimum absolute atomic E-state index is 0.165. The van der Waals surface area contributed by atoms with Crippen molar-refractivity contribution >= 4 is 5.91 Å². The first-order valence-electron chi connectivity index (χ1n) is 8.05. The van der Waals surface area contributed by atoms with Gasteiger partial charge in [-0.25, -0.2) is 0 Å². The Bertz CT molecular complexity index is 297. The molecule has 0 aromatic heterocycles. The van der Waals surface area contributed by atoms with Crippen LogP contribution in [0.3, 0.4) is 0 Å². The topological polar surface area (TPSA) is 53.6 Å². The van der Waals surface area contributed by atoms with Gasteiger partial charge in [0.2, 0.25) is 5.91 Å². The lowest BCUT2D eigenvalue weighted by Gasteiger charge is -2.37. The fraction of sp³-hybridized carbons (Fsp3) is 0.938. The normalized spacial score (nSPS) is 19.8. The third-order valence-electron chi connectivity index (χ3n) is 4.14. The number of hydrogen-bond acceptors (Lipinski definition) is 4. The molecular weight excluding hydrogens is 266 g/mol. The molecule has 0 aromatic rings. The molecule has 21 heavy (non-hydrogen) atoms. The highest BCUT2D eigenvalue weighted by Gasteiger charge is 2.40. The van der Waals surface area contributed by atoms with E-state index >= 15 is 0 Å². The average molecular weight is 299 g/mol. The van der Waals surface area contributed by atoms with Crippen molar-refractivity contribution in [3.8, 4) is 0 Å². The molecule has 0 aromatic carbocycles. The van der Waals surface area contributed by atoms with Crippen molar-refractivity contribution in [3.05, 3.63) is 0 Å². The number of nitrogens with one attached hydrogen (secondary N) is 2. The predicted octanol–water partition coefficient (Wildman–Crippen LogP) is 1.10. The Morgan fingerprint density at radius 3 is 2.43 bits per heavy atom. The van der Waals surface area contributed by atoms with E-state index in [4.69, 9.17) is 4.74 Å². The van der Waals surface area contributed by atoms with Crippen molar-refractivity contribution in [2.75, 3.05) is 47.4 Å². The average Bonchev–Trinajstić information content (AvgIpc) is 2.38. The number of carbonyl (C=O) groups excluding carboxylic acids is 1. The Kier molecular flexibility index (Phi) is 7.63. The Morgan fingerprint density at radius 1 is 1.33 bits per heavy atom. The quantitative estimate of drug-likeness (QED) is 0.705. The third kappa shape index (κ3) is 5.93. The molecule has 1 aliphatic heterocycles. The molecule has 0 spiro atoms. The summed E-state index contributed by atoms with van der Waals surface area (Å²) in [5.74, 6) is 0.736. The van der Waals surface area contributed by atoms with Crippen LogP contribution in [-0.4, -0.2) is 64.3 Å². The SMILES string of the molecule is COCC1(C(=O)NC(CC(C)C)CN(C)C)CCNCC1. The number of rotatable bonds is 8. The van der Waals surface area contributed by atoms with E-state index in [-0.39, 0.29) is 17.4 Å². The molecule has 1 saturated heterocycles. The van der Waals surface area contributed by atoms with E-state index in [1.165, 1.54) is 0 Å². The summed E-state index contributed by atoms with van der Waals surface area (Å²) in [5, 5.41) is 6.61. The third-order valence-corrected chi connectivity index (χ3v) is 4.14. The van der Waals surface area contributed by atoms with E-state index < -0.39 is 0 Å². The van der Waals surface area contributed by atoms with Crippen molar-refractivity contribution < 1.29 is 9.53 Å². The molecule has 1 aliphatic rings. The smallest absolute Gasteiger partial charge is 0.228 e. The summed E-state index contributed by atoms with van der Waals surface area (Å²) in [7, 11) is 5.78. The van der Waals surface area contributed by atoms with Gasteiger partial charge in [-0.15, -0.1) is 0 Å². The maximum absolute atomic E-state index is 12.8. The molecule has 5 heteroatoms. The number of carbonyl (C=O) groups is 1. The molecule has 1 heterocycles. The maximum Gasteiger partial charge on any atom is 0.228 e. The number of piperidine rings is 1. The largest absolute Gasteiger partial charge is 0.384 e. The van der Waals surface area contributed by atoms with Gasteiger partial charge in [0, 0.05) is 19.7 Å². The van der Waals surface area contributed by atoms with Crippen molar-refractivity contribution in [2.45, 2.75) is 39.2 Å². The van der Waals surface area contributed by atoms with Crippen LogP contribution < -0.4 is 10.6 Å². The number of likely N-dealkylation sites (N-methyl/N-ethyl adjacent to an activating group) is 1. The molecule has 1 atom stereocenters. The minimum Gasteiger partial charge on any atom is -0.384 e. The Morgan fingerprint density at radius 2 is 1.95 bits per heavy atom. The van der Waals surface area contributed by atoms with E-state index in [1.807, 2.05) is 0 Å². The first-order chi connectivity index (χ1) is 9.89. The Labute approximate surface area is 129 Å².